The highest BCUT2D eigenvalue weighted by atomic mass is 16.5. The fourth-order valence-corrected chi connectivity index (χ4v) is 4.41. The van der Waals surface area contributed by atoms with Crippen LogP contribution in [0, 0.1) is 6.92 Å². The van der Waals surface area contributed by atoms with Crippen LogP contribution in [0.4, 0.5) is 0 Å². The van der Waals surface area contributed by atoms with Crippen LogP contribution in [0.2, 0.25) is 0 Å². The van der Waals surface area contributed by atoms with Crippen molar-refractivity contribution >= 4 is 22.6 Å². The van der Waals surface area contributed by atoms with E-state index in [0.717, 1.165) is 5.39 Å². The third-order valence-electron chi connectivity index (χ3n) is 5.92. The summed E-state index contributed by atoms with van der Waals surface area (Å²) in [6, 6.07) is 14.3. The second-order valence-electron chi connectivity index (χ2n) is 8.06. The van der Waals surface area contributed by atoms with E-state index in [4.69, 9.17) is 4.74 Å². The van der Waals surface area contributed by atoms with E-state index >= 15 is 0 Å². The predicted octanol–water partition coefficient (Wildman–Crippen LogP) is 1.85. The number of nitrogens with zero attached hydrogens (tertiary/aromatic N) is 3. The standard InChI is InChI=1S/C23H22N4O4/c1-15-16-7-2-3-8-17(16)22(30)27(25-15)13-20(28)26-12-6-11-23(14-26)24-21(29)18-9-4-5-10-19(18)31-23/h2-5,7-10H,6,11-14H2,1H3,(H,24,29). The Morgan fingerprint density at radius 3 is 2.71 bits per heavy atom. The van der Waals surface area contributed by atoms with Gasteiger partial charge in [-0.3, -0.25) is 14.4 Å². The van der Waals surface area contributed by atoms with E-state index in [0.29, 0.717) is 41.8 Å². The molecule has 1 aromatic heterocycles. The second-order valence-corrected chi connectivity index (χ2v) is 8.06. The number of nitrogens with one attached hydrogen (secondary N) is 1. The molecule has 0 bridgehead atoms. The highest BCUT2D eigenvalue weighted by Crippen LogP contribution is 2.32. The number of benzene rings is 2. The first-order chi connectivity index (χ1) is 15.0. The van der Waals surface area contributed by atoms with Gasteiger partial charge in [0, 0.05) is 18.4 Å². The number of hydrogen-bond donors (Lipinski definition) is 1. The summed E-state index contributed by atoms with van der Waals surface area (Å²) in [5, 5.41) is 8.60. The van der Waals surface area contributed by atoms with Gasteiger partial charge in [0.15, 0.2) is 0 Å². The predicted molar refractivity (Wildman–Crippen MR) is 114 cm³/mol. The number of aromatic nitrogens is 2. The summed E-state index contributed by atoms with van der Waals surface area (Å²) in [6.07, 6.45) is 1.28. The Kier molecular flexibility index (Phi) is 4.50. The van der Waals surface area contributed by atoms with Crippen molar-refractivity contribution in [2.45, 2.75) is 32.0 Å². The number of carbonyl (C=O) groups is 2. The van der Waals surface area contributed by atoms with E-state index in [1.807, 2.05) is 25.1 Å². The summed E-state index contributed by atoms with van der Waals surface area (Å²) in [4.78, 5) is 40.1. The van der Waals surface area contributed by atoms with Crippen LogP contribution in [0.25, 0.3) is 10.8 Å². The van der Waals surface area contributed by atoms with Crippen LogP contribution < -0.4 is 15.6 Å². The summed E-state index contributed by atoms with van der Waals surface area (Å²) >= 11 is 0. The lowest BCUT2D eigenvalue weighted by Crippen LogP contribution is -2.65. The Bertz CT molecular complexity index is 1270. The molecule has 3 aromatic rings. The van der Waals surface area contributed by atoms with E-state index < -0.39 is 5.72 Å². The molecule has 5 rings (SSSR count). The Morgan fingerprint density at radius 1 is 1.13 bits per heavy atom. The lowest BCUT2D eigenvalue weighted by Gasteiger charge is -2.45. The van der Waals surface area contributed by atoms with Crippen molar-refractivity contribution in [2.24, 2.45) is 0 Å². The van der Waals surface area contributed by atoms with E-state index in [9.17, 15) is 14.4 Å². The SMILES string of the molecule is Cc1nn(CC(=O)N2CCCC3(C2)NC(=O)c2ccccc2O3)c(=O)c2ccccc12. The molecule has 8 heteroatoms. The molecule has 0 aliphatic carbocycles. The number of para-hydroxylation sites is 1. The molecule has 1 atom stereocenters. The molecule has 1 fully saturated rings. The minimum absolute atomic E-state index is 0.162. The first kappa shape index (κ1) is 19.3. The third-order valence-corrected chi connectivity index (χ3v) is 5.92. The molecule has 2 amide bonds. The van der Waals surface area contributed by atoms with Gasteiger partial charge in [0.2, 0.25) is 11.6 Å². The summed E-state index contributed by atoms with van der Waals surface area (Å²) in [6.45, 7) is 2.41. The number of fused-ring (bicyclic) bond motifs is 2. The zero-order chi connectivity index (χ0) is 21.6. The van der Waals surface area contributed by atoms with Gasteiger partial charge >= 0.3 is 0 Å². The van der Waals surface area contributed by atoms with E-state index in [2.05, 4.69) is 10.4 Å². The molecule has 1 spiro atoms. The number of aryl methyl sites for hydroxylation is 1. The van der Waals surface area contributed by atoms with Crippen molar-refractivity contribution in [3.05, 3.63) is 70.1 Å². The minimum Gasteiger partial charge on any atom is -0.465 e. The molecular formula is C23H22N4O4. The van der Waals surface area contributed by atoms with Crippen molar-refractivity contribution in [2.75, 3.05) is 13.1 Å². The van der Waals surface area contributed by atoms with Crippen LogP contribution in [-0.4, -0.2) is 45.3 Å². The minimum atomic E-state index is -0.961. The van der Waals surface area contributed by atoms with Crippen LogP contribution >= 0.6 is 0 Å². The Hall–Kier alpha value is -3.68. The Morgan fingerprint density at radius 2 is 1.87 bits per heavy atom. The first-order valence-electron chi connectivity index (χ1n) is 10.3. The van der Waals surface area contributed by atoms with Crippen molar-refractivity contribution in [1.29, 1.82) is 0 Å². The van der Waals surface area contributed by atoms with Crippen LogP contribution in [-0.2, 0) is 11.3 Å². The number of amides is 2. The van der Waals surface area contributed by atoms with Crippen LogP contribution in [0.5, 0.6) is 5.75 Å². The van der Waals surface area contributed by atoms with Crippen molar-refractivity contribution in [1.82, 2.24) is 20.0 Å². The molecule has 2 aliphatic heterocycles. The fourth-order valence-electron chi connectivity index (χ4n) is 4.41. The van der Waals surface area contributed by atoms with Gasteiger partial charge in [0.25, 0.3) is 11.5 Å². The molecular weight excluding hydrogens is 396 g/mol. The maximum absolute atomic E-state index is 13.1. The monoisotopic (exact) mass is 418 g/mol. The third kappa shape index (κ3) is 3.34. The van der Waals surface area contributed by atoms with Crippen molar-refractivity contribution in [3.63, 3.8) is 0 Å². The number of carbonyl (C=O) groups excluding carboxylic acids is 2. The van der Waals surface area contributed by atoms with Crippen molar-refractivity contribution < 1.29 is 14.3 Å². The molecule has 8 nitrogen and oxygen atoms in total. The zero-order valence-electron chi connectivity index (χ0n) is 17.1. The topological polar surface area (TPSA) is 93.5 Å². The van der Waals surface area contributed by atoms with Crippen LogP contribution in [0.3, 0.4) is 0 Å². The first-order valence-corrected chi connectivity index (χ1v) is 10.3. The molecule has 0 saturated carbocycles. The molecule has 2 aromatic carbocycles. The number of hydrogen-bond acceptors (Lipinski definition) is 5. The van der Waals surface area contributed by atoms with Gasteiger partial charge in [0.05, 0.1) is 23.2 Å². The molecule has 158 valence electrons. The number of piperidine rings is 1. The fraction of sp³-hybridized carbons (Fsp3) is 0.304. The quantitative estimate of drug-likeness (QED) is 0.686. The summed E-state index contributed by atoms with van der Waals surface area (Å²) in [5.41, 5.74) is -0.0780. The molecule has 2 aliphatic rings. The van der Waals surface area contributed by atoms with Gasteiger partial charge in [-0.2, -0.15) is 5.10 Å². The smallest absolute Gasteiger partial charge is 0.275 e. The summed E-state index contributed by atoms with van der Waals surface area (Å²) in [7, 11) is 0. The summed E-state index contributed by atoms with van der Waals surface area (Å²) < 4.78 is 7.37. The van der Waals surface area contributed by atoms with Gasteiger partial charge in [-0.1, -0.05) is 30.3 Å². The molecule has 31 heavy (non-hydrogen) atoms. The highest BCUT2D eigenvalue weighted by molar-refractivity contribution is 5.98. The normalized spacial score (nSPS) is 20.3. The van der Waals surface area contributed by atoms with E-state index in [1.54, 1.807) is 35.2 Å². The van der Waals surface area contributed by atoms with E-state index in [1.165, 1.54) is 4.68 Å². The van der Waals surface area contributed by atoms with Gasteiger partial charge < -0.3 is 15.0 Å². The number of likely N-dealkylation sites (tertiary alicyclic amines) is 1. The Balaban J connectivity index is 1.39. The maximum atomic E-state index is 13.1. The average Bonchev–Trinajstić information content (AvgIpc) is 2.77. The molecule has 1 N–H and O–H groups in total. The molecule has 0 radical (unpaired) electrons. The van der Waals surface area contributed by atoms with Crippen molar-refractivity contribution in [3.8, 4) is 5.75 Å². The lowest BCUT2D eigenvalue weighted by atomic mass is 9.98. The van der Waals surface area contributed by atoms with Gasteiger partial charge in [-0.05, 0) is 31.5 Å². The Labute approximate surface area is 178 Å². The van der Waals surface area contributed by atoms with Gasteiger partial charge in [0.1, 0.15) is 12.3 Å². The summed E-state index contributed by atoms with van der Waals surface area (Å²) in [5.74, 6) is 0.0721. The van der Waals surface area contributed by atoms with Gasteiger partial charge in [-0.15, -0.1) is 0 Å². The maximum Gasteiger partial charge on any atom is 0.275 e. The number of rotatable bonds is 2. The lowest BCUT2D eigenvalue weighted by molar-refractivity contribution is -0.139. The second kappa shape index (κ2) is 7.23. The largest absolute Gasteiger partial charge is 0.465 e. The van der Waals surface area contributed by atoms with Crippen LogP contribution in [0.15, 0.2) is 53.3 Å². The molecule has 1 unspecified atom stereocenters. The molecule has 3 heterocycles. The van der Waals surface area contributed by atoms with E-state index in [-0.39, 0.29) is 30.5 Å². The average molecular weight is 418 g/mol. The highest BCUT2D eigenvalue weighted by Gasteiger charge is 2.44. The molecule has 1 saturated heterocycles. The van der Waals surface area contributed by atoms with Crippen LogP contribution in [0.1, 0.15) is 28.9 Å². The number of ether oxygens (including phenoxy) is 1. The van der Waals surface area contributed by atoms with Gasteiger partial charge in [-0.25, -0.2) is 4.68 Å². The zero-order valence-corrected chi connectivity index (χ0v) is 17.1.